The van der Waals surface area contributed by atoms with Gasteiger partial charge >= 0.3 is 0 Å². The Bertz CT molecular complexity index is 1170. The molecule has 0 spiro atoms. The lowest BCUT2D eigenvalue weighted by Crippen LogP contribution is -2.33. The highest BCUT2D eigenvalue weighted by Crippen LogP contribution is 2.26. The normalized spacial score (nSPS) is 12.0. The van der Waals surface area contributed by atoms with Crippen LogP contribution in [0.1, 0.15) is 41.6 Å². The zero-order chi connectivity index (χ0) is 24.1. The van der Waals surface area contributed by atoms with Crippen molar-refractivity contribution in [1.82, 2.24) is 20.1 Å². The van der Waals surface area contributed by atoms with E-state index in [1.54, 1.807) is 28.8 Å². The Labute approximate surface area is 207 Å². The molecule has 2 amide bonds. The predicted octanol–water partition coefficient (Wildman–Crippen LogP) is 5.29. The van der Waals surface area contributed by atoms with Gasteiger partial charge in [-0.15, -0.1) is 10.2 Å². The van der Waals surface area contributed by atoms with E-state index in [9.17, 15) is 9.59 Å². The highest BCUT2D eigenvalue weighted by molar-refractivity contribution is 7.99. The number of carbonyl (C=O) groups excluding carboxylic acids is 2. The number of aromatic nitrogens is 3. The molecule has 0 aliphatic rings. The quantitative estimate of drug-likeness (QED) is 0.406. The first kappa shape index (κ1) is 25.1. The molecule has 2 aromatic carbocycles. The van der Waals surface area contributed by atoms with Crippen molar-refractivity contribution in [3.05, 3.63) is 69.5 Å². The van der Waals surface area contributed by atoms with Crippen molar-refractivity contribution < 1.29 is 9.59 Å². The van der Waals surface area contributed by atoms with Crippen molar-refractivity contribution in [2.75, 3.05) is 11.1 Å². The number of nitrogens with one attached hydrogen (secondary N) is 2. The maximum Gasteiger partial charge on any atom is 0.251 e. The molecule has 0 unspecified atom stereocenters. The van der Waals surface area contributed by atoms with Gasteiger partial charge in [-0.2, -0.15) is 0 Å². The molecule has 0 saturated heterocycles. The van der Waals surface area contributed by atoms with Crippen LogP contribution in [0.3, 0.4) is 0 Å². The molecule has 7 nitrogen and oxygen atoms in total. The number of rotatable bonds is 8. The number of hydrogen-bond donors (Lipinski definition) is 2. The van der Waals surface area contributed by atoms with E-state index < -0.39 is 0 Å². The van der Waals surface area contributed by atoms with Gasteiger partial charge in [0.25, 0.3) is 5.91 Å². The third-order valence-electron chi connectivity index (χ3n) is 4.92. The van der Waals surface area contributed by atoms with Crippen LogP contribution in [-0.2, 0) is 11.8 Å². The van der Waals surface area contributed by atoms with Gasteiger partial charge in [0.1, 0.15) is 0 Å². The molecular formula is C23H25Cl2N5O2S. The summed E-state index contributed by atoms with van der Waals surface area (Å²) in [6, 6.07) is 12.0. The lowest BCUT2D eigenvalue weighted by molar-refractivity contribution is -0.113. The van der Waals surface area contributed by atoms with Crippen molar-refractivity contribution in [2.24, 2.45) is 13.0 Å². The molecule has 33 heavy (non-hydrogen) atoms. The van der Waals surface area contributed by atoms with E-state index in [1.807, 2.05) is 46.0 Å². The average Bonchev–Trinajstić information content (AvgIpc) is 3.12. The van der Waals surface area contributed by atoms with E-state index in [0.717, 1.165) is 5.56 Å². The average molecular weight is 506 g/mol. The zero-order valence-corrected chi connectivity index (χ0v) is 21.1. The van der Waals surface area contributed by atoms with Crippen LogP contribution >= 0.6 is 35.0 Å². The second kappa shape index (κ2) is 11.0. The van der Waals surface area contributed by atoms with Crippen LogP contribution in [0.4, 0.5) is 5.69 Å². The minimum atomic E-state index is -0.338. The Hall–Kier alpha value is -2.55. The summed E-state index contributed by atoms with van der Waals surface area (Å²) in [4.78, 5) is 25.1. The van der Waals surface area contributed by atoms with Crippen LogP contribution in [-0.4, -0.2) is 32.3 Å². The maximum atomic E-state index is 12.8. The van der Waals surface area contributed by atoms with Crippen LogP contribution in [0.15, 0.2) is 47.6 Å². The molecule has 1 heterocycles. The molecule has 0 aliphatic heterocycles. The summed E-state index contributed by atoms with van der Waals surface area (Å²) < 4.78 is 1.80. The number of carbonyl (C=O) groups is 2. The fourth-order valence-corrected chi connectivity index (χ4v) is 4.18. The van der Waals surface area contributed by atoms with Crippen molar-refractivity contribution >= 4 is 52.5 Å². The van der Waals surface area contributed by atoms with Crippen LogP contribution in [0.25, 0.3) is 0 Å². The third-order valence-corrected chi connectivity index (χ3v) is 6.68. The SMILES string of the molecule is Cc1cccc(C(=O)N[C@H](c2nnc(SCC(=O)Nc3ccc(Cl)c(Cl)c3)n2C)C(C)C)c1. The largest absolute Gasteiger partial charge is 0.342 e. The van der Waals surface area contributed by atoms with E-state index in [2.05, 4.69) is 20.8 Å². The molecular weight excluding hydrogens is 481 g/mol. The Kier molecular flexibility index (Phi) is 8.40. The van der Waals surface area contributed by atoms with E-state index >= 15 is 0 Å². The number of nitrogens with zero attached hydrogens (tertiary/aromatic N) is 3. The minimum Gasteiger partial charge on any atom is -0.342 e. The summed E-state index contributed by atoms with van der Waals surface area (Å²) in [6.45, 7) is 5.96. The van der Waals surface area contributed by atoms with E-state index in [1.165, 1.54) is 11.8 Å². The highest BCUT2D eigenvalue weighted by Gasteiger charge is 2.25. The molecule has 1 aromatic heterocycles. The first-order chi connectivity index (χ1) is 15.7. The fourth-order valence-electron chi connectivity index (χ4n) is 3.16. The van der Waals surface area contributed by atoms with Crippen molar-refractivity contribution in [3.8, 4) is 0 Å². The summed E-state index contributed by atoms with van der Waals surface area (Å²) in [5.41, 5.74) is 2.17. The van der Waals surface area contributed by atoms with Gasteiger partial charge in [-0.1, -0.05) is 66.5 Å². The molecule has 3 rings (SSSR count). The molecule has 0 radical (unpaired) electrons. The van der Waals surface area contributed by atoms with Crippen molar-refractivity contribution in [1.29, 1.82) is 0 Å². The maximum absolute atomic E-state index is 12.8. The number of thioether (sulfide) groups is 1. The first-order valence-electron chi connectivity index (χ1n) is 10.3. The van der Waals surface area contributed by atoms with E-state index in [-0.39, 0.29) is 29.5 Å². The van der Waals surface area contributed by atoms with Crippen molar-refractivity contribution in [2.45, 2.75) is 32.0 Å². The number of halogens is 2. The summed E-state index contributed by atoms with van der Waals surface area (Å²) in [5, 5.41) is 15.7. The molecule has 0 saturated carbocycles. The third kappa shape index (κ3) is 6.50. The van der Waals surface area contributed by atoms with Gasteiger partial charge < -0.3 is 15.2 Å². The Morgan fingerprint density at radius 3 is 2.52 bits per heavy atom. The second-order valence-electron chi connectivity index (χ2n) is 7.93. The second-order valence-corrected chi connectivity index (χ2v) is 9.69. The van der Waals surface area contributed by atoms with Gasteiger partial charge in [0.15, 0.2) is 11.0 Å². The molecule has 0 bridgehead atoms. The summed E-state index contributed by atoms with van der Waals surface area (Å²) >= 11 is 13.2. The fraction of sp³-hybridized carbons (Fsp3) is 0.304. The van der Waals surface area contributed by atoms with Crippen molar-refractivity contribution in [3.63, 3.8) is 0 Å². The predicted molar refractivity (Wildman–Crippen MR) is 133 cm³/mol. The molecule has 0 aliphatic carbocycles. The van der Waals surface area contributed by atoms with Gasteiger partial charge in [0.05, 0.1) is 21.8 Å². The summed E-state index contributed by atoms with van der Waals surface area (Å²) in [5.74, 6) is 0.455. The van der Waals surface area contributed by atoms with E-state index in [0.29, 0.717) is 32.3 Å². The van der Waals surface area contributed by atoms with E-state index in [4.69, 9.17) is 23.2 Å². The number of anilines is 1. The minimum absolute atomic E-state index is 0.0810. The van der Waals surface area contributed by atoms with Gasteiger partial charge in [0.2, 0.25) is 5.91 Å². The molecule has 1 atom stereocenters. The highest BCUT2D eigenvalue weighted by atomic mass is 35.5. The lowest BCUT2D eigenvalue weighted by atomic mass is 10.0. The molecule has 3 aromatic rings. The number of amides is 2. The van der Waals surface area contributed by atoms with Gasteiger partial charge in [-0.25, -0.2) is 0 Å². The Morgan fingerprint density at radius 1 is 1.09 bits per heavy atom. The Morgan fingerprint density at radius 2 is 1.85 bits per heavy atom. The van der Waals surface area contributed by atoms with Crippen LogP contribution in [0.5, 0.6) is 0 Å². The molecule has 10 heteroatoms. The number of hydrogen-bond acceptors (Lipinski definition) is 5. The monoisotopic (exact) mass is 505 g/mol. The molecule has 0 fully saturated rings. The standard InChI is InChI=1S/C23H25Cl2N5O2S/c1-13(2)20(27-22(32)15-7-5-6-14(3)10-15)21-28-29-23(30(21)4)33-12-19(31)26-16-8-9-17(24)18(25)11-16/h5-11,13,20H,12H2,1-4H3,(H,26,31)(H,27,32)/t20-/m0/s1. The molecule has 2 N–H and O–H groups in total. The van der Waals surface area contributed by atoms with Gasteiger partial charge in [-0.05, 0) is 43.2 Å². The van der Waals surface area contributed by atoms with Gasteiger partial charge in [-0.3, -0.25) is 9.59 Å². The Balaban J connectivity index is 1.66. The zero-order valence-electron chi connectivity index (χ0n) is 18.7. The van der Waals surface area contributed by atoms with Crippen LogP contribution in [0.2, 0.25) is 10.0 Å². The van der Waals surface area contributed by atoms with Crippen LogP contribution < -0.4 is 10.6 Å². The lowest BCUT2D eigenvalue weighted by Gasteiger charge is -2.21. The topological polar surface area (TPSA) is 88.9 Å². The van der Waals surface area contributed by atoms with Gasteiger partial charge in [0, 0.05) is 18.3 Å². The smallest absolute Gasteiger partial charge is 0.251 e. The molecule has 174 valence electrons. The van der Waals surface area contributed by atoms with Crippen LogP contribution in [0, 0.1) is 12.8 Å². The summed E-state index contributed by atoms with van der Waals surface area (Å²) in [6.07, 6.45) is 0. The summed E-state index contributed by atoms with van der Waals surface area (Å²) in [7, 11) is 1.82. The first-order valence-corrected chi connectivity index (χ1v) is 12.0. The number of aryl methyl sites for hydroxylation is 1. The number of benzene rings is 2.